The first kappa shape index (κ1) is 14.1. The molecule has 0 saturated heterocycles. The van der Waals surface area contributed by atoms with E-state index >= 15 is 0 Å². The van der Waals surface area contributed by atoms with Crippen molar-refractivity contribution in [3.05, 3.63) is 70.1 Å². The lowest BCUT2D eigenvalue weighted by atomic mass is 10.2. The molecule has 0 atom stereocenters. The number of aromatic nitrogens is 2. The van der Waals surface area contributed by atoms with Crippen LogP contribution in [-0.2, 0) is 15.8 Å². The maximum atomic E-state index is 12.5. The molecular formula is C14H11BrN2O3S. The van der Waals surface area contributed by atoms with Crippen molar-refractivity contribution in [1.29, 1.82) is 0 Å². The van der Waals surface area contributed by atoms with Gasteiger partial charge in [0.25, 0.3) is 0 Å². The van der Waals surface area contributed by atoms with E-state index in [1.165, 1.54) is 18.5 Å². The van der Waals surface area contributed by atoms with Crippen LogP contribution in [0.4, 0.5) is 0 Å². The number of benzene rings is 1. The second kappa shape index (κ2) is 5.16. The average Bonchev–Trinajstić information content (AvgIpc) is 2.84. The molecule has 1 aromatic carbocycles. The van der Waals surface area contributed by atoms with Gasteiger partial charge in [-0.3, -0.25) is 0 Å². The maximum Gasteiger partial charge on any atom is 0.243 e. The number of hydrogen-bond acceptors (Lipinski definition) is 3. The minimum absolute atomic E-state index is 0.122. The lowest BCUT2D eigenvalue weighted by molar-refractivity contribution is -0.577. The Morgan fingerprint density at radius 1 is 1.19 bits per heavy atom. The molecule has 0 aliphatic rings. The summed E-state index contributed by atoms with van der Waals surface area (Å²) in [5.74, 6) is -0.122. The average molecular weight is 367 g/mol. The fourth-order valence-electron chi connectivity index (χ4n) is 2.19. The summed E-state index contributed by atoms with van der Waals surface area (Å²) < 4.78 is 27.4. The normalized spacial score (nSPS) is 11.9. The van der Waals surface area contributed by atoms with Gasteiger partial charge in [0.15, 0.2) is 6.20 Å². The van der Waals surface area contributed by atoms with E-state index in [9.17, 15) is 13.6 Å². The minimum atomic E-state index is -3.59. The van der Waals surface area contributed by atoms with Gasteiger partial charge < -0.3 is 5.21 Å². The Bertz CT molecular complexity index is 905. The summed E-state index contributed by atoms with van der Waals surface area (Å²) in [5, 5.41) is 11.8. The number of fused-ring (bicyclic) bond motifs is 1. The summed E-state index contributed by atoms with van der Waals surface area (Å²) in [4.78, 5) is 0. The number of pyridine rings is 1. The largest absolute Gasteiger partial charge is 0.618 e. The monoisotopic (exact) mass is 366 g/mol. The smallest absolute Gasteiger partial charge is 0.243 e. The molecule has 0 N–H and O–H groups in total. The Balaban J connectivity index is 2.11. The first-order valence-electron chi connectivity index (χ1n) is 6.14. The molecule has 108 valence electrons. The van der Waals surface area contributed by atoms with Gasteiger partial charge in [-0.2, -0.15) is 4.73 Å². The Morgan fingerprint density at radius 3 is 2.62 bits per heavy atom. The quantitative estimate of drug-likeness (QED) is 0.528. The van der Waals surface area contributed by atoms with E-state index < -0.39 is 10.0 Å². The Morgan fingerprint density at radius 2 is 1.90 bits per heavy atom. The molecule has 2 heterocycles. The number of rotatable bonds is 3. The van der Waals surface area contributed by atoms with Crippen molar-refractivity contribution in [3.8, 4) is 0 Å². The van der Waals surface area contributed by atoms with Crippen LogP contribution in [0.1, 0.15) is 5.56 Å². The molecule has 2 aromatic heterocycles. The summed E-state index contributed by atoms with van der Waals surface area (Å²) in [6.45, 7) is 0. The van der Waals surface area contributed by atoms with Crippen molar-refractivity contribution >= 4 is 37.0 Å². The third-order valence-corrected chi connectivity index (χ3v) is 5.16. The molecule has 0 amide bonds. The molecule has 0 fully saturated rings. The van der Waals surface area contributed by atoms with Crippen molar-refractivity contribution in [2.75, 3.05) is 0 Å². The standard InChI is InChI=1S/C14H11BrN2O3S/c15-12-8-14-13(16(18)9-12)6-7-17(14)21(19,20)10-11-4-2-1-3-5-11/h1-9H,10H2. The molecule has 5 nitrogen and oxygen atoms in total. The zero-order valence-corrected chi connectivity index (χ0v) is 13.2. The van der Waals surface area contributed by atoms with Crippen LogP contribution < -0.4 is 4.73 Å². The molecule has 7 heteroatoms. The lowest BCUT2D eigenvalue weighted by Crippen LogP contribution is -2.26. The lowest BCUT2D eigenvalue weighted by Gasteiger charge is -2.07. The molecule has 0 aliphatic heterocycles. The van der Waals surface area contributed by atoms with Gasteiger partial charge in [-0.25, -0.2) is 12.4 Å². The molecule has 3 rings (SSSR count). The molecule has 0 aliphatic carbocycles. The second-order valence-corrected chi connectivity index (χ2v) is 7.37. The van der Waals surface area contributed by atoms with Crippen molar-refractivity contribution in [3.63, 3.8) is 0 Å². The second-order valence-electron chi connectivity index (χ2n) is 4.61. The van der Waals surface area contributed by atoms with Crippen LogP contribution in [-0.4, -0.2) is 12.4 Å². The molecule has 0 unspecified atom stereocenters. The van der Waals surface area contributed by atoms with Gasteiger partial charge in [0, 0.05) is 12.3 Å². The first-order valence-corrected chi connectivity index (χ1v) is 8.54. The van der Waals surface area contributed by atoms with Crippen LogP contribution in [0.5, 0.6) is 0 Å². The molecular weight excluding hydrogens is 356 g/mol. The SMILES string of the molecule is O=S(=O)(Cc1ccccc1)n1ccc2c1cc(Br)c[n+]2[O-]. The van der Waals surface area contributed by atoms with E-state index in [0.717, 1.165) is 3.97 Å². The van der Waals surface area contributed by atoms with E-state index in [1.54, 1.807) is 30.3 Å². The first-order chi connectivity index (χ1) is 9.97. The van der Waals surface area contributed by atoms with Crippen LogP contribution in [0.2, 0.25) is 0 Å². The van der Waals surface area contributed by atoms with Crippen molar-refractivity contribution in [2.45, 2.75) is 5.75 Å². The van der Waals surface area contributed by atoms with Gasteiger partial charge in [0.05, 0.1) is 10.2 Å². The third kappa shape index (κ3) is 2.66. The van der Waals surface area contributed by atoms with Gasteiger partial charge in [-0.05, 0) is 27.6 Å². The van der Waals surface area contributed by atoms with E-state index in [4.69, 9.17) is 0 Å². The van der Waals surface area contributed by atoms with Crippen LogP contribution in [0.3, 0.4) is 0 Å². The minimum Gasteiger partial charge on any atom is -0.618 e. The van der Waals surface area contributed by atoms with E-state index in [-0.39, 0.29) is 5.75 Å². The van der Waals surface area contributed by atoms with E-state index in [2.05, 4.69) is 15.9 Å². The molecule has 21 heavy (non-hydrogen) atoms. The van der Waals surface area contributed by atoms with Crippen molar-refractivity contribution in [2.24, 2.45) is 0 Å². The summed E-state index contributed by atoms with van der Waals surface area (Å²) in [6, 6.07) is 12.0. The third-order valence-electron chi connectivity index (χ3n) is 3.11. The zero-order chi connectivity index (χ0) is 15.0. The number of hydrogen-bond donors (Lipinski definition) is 0. The Labute approximate surface area is 130 Å². The molecule has 0 saturated carbocycles. The van der Waals surface area contributed by atoms with Gasteiger partial charge in [-0.1, -0.05) is 30.3 Å². The van der Waals surface area contributed by atoms with Gasteiger partial charge in [0.1, 0.15) is 5.52 Å². The summed E-state index contributed by atoms with van der Waals surface area (Å²) in [7, 11) is -3.59. The van der Waals surface area contributed by atoms with Crippen LogP contribution in [0.25, 0.3) is 11.0 Å². The molecule has 0 spiro atoms. The van der Waals surface area contributed by atoms with Crippen molar-refractivity contribution in [1.82, 2.24) is 3.97 Å². The highest BCUT2D eigenvalue weighted by molar-refractivity contribution is 9.10. The summed E-state index contributed by atoms with van der Waals surface area (Å²) >= 11 is 3.21. The highest BCUT2D eigenvalue weighted by Crippen LogP contribution is 2.20. The van der Waals surface area contributed by atoms with Crippen LogP contribution >= 0.6 is 15.9 Å². The van der Waals surface area contributed by atoms with E-state index in [1.807, 2.05) is 6.07 Å². The highest BCUT2D eigenvalue weighted by Gasteiger charge is 2.20. The van der Waals surface area contributed by atoms with Gasteiger partial charge >= 0.3 is 0 Å². The number of nitrogens with zero attached hydrogens (tertiary/aromatic N) is 2. The maximum absolute atomic E-state index is 12.5. The molecule has 3 aromatic rings. The highest BCUT2D eigenvalue weighted by atomic mass is 79.9. The van der Waals surface area contributed by atoms with Gasteiger partial charge in [-0.15, -0.1) is 0 Å². The number of halogens is 1. The van der Waals surface area contributed by atoms with Crippen LogP contribution in [0.15, 0.2) is 59.3 Å². The molecule has 0 bridgehead atoms. The fourth-order valence-corrected chi connectivity index (χ4v) is 4.04. The Kier molecular flexibility index (Phi) is 3.46. The predicted molar refractivity (Wildman–Crippen MR) is 83.1 cm³/mol. The fraction of sp³-hybridized carbons (Fsp3) is 0.0714. The predicted octanol–water partition coefficient (Wildman–Crippen LogP) is 2.42. The van der Waals surface area contributed by atoms with Crippen LogP contribution in [0, 0.1) is 5.21 Å². The van der Waals surface area contributed by atoms with Gasteiger partial charge in [0.2, 0.25) is 15.5 Å². The zero-order valence-electron chi connectivity index (χ0n) is 10.8. The summed E-state index contributed by atoms with van der Waals surface area (Å²) in [5.41, 5.74) is 1.37. The van der Waals surface area contributed by atoms with Crippen molar-refractivity contribution < 1.29 is 13.1 Å². The van der Waals surface area contributed by atoms with E-state index in [0.29, 0.717) is 25.8 Å². The topological polar surface area (TPSA) is 66.0 Å². The summed E-state index contributed by atoms with van der Waals surface area (Å²) in [6.07, 6.45) is 2.75. The Hall–Kier alpha value is -1.86. The molecule has 0 radical (unpaired) electrons.